The molecule has 5 N–H and O–H groups in total. The normalized spacial score (nSPS) is 12.7. The quantitative estimate of drug-likeness (QED) is 0.288. The summed E-state index contributed by atoms with van der Waals surface area (Å²) in [7, 11) is 0. The number of aromatic nitrogens is 1. The molecule has 2 atom stereocenters. The third-order valence-electron chi connectivity index (χ3n) is 5.65. The van der Waals surface area contributed by atoms with Crippen molar-refractivity contribution in [1.82, 2.24) is 10.3 Å². The van der Waals surface area contributed by atoms with Crippen molar-refractivity contribution in [1.29, 1.82) is 0 Å². The number of nitrogens with one attached hydrogen (secondary N) is 2. The third kappa shape index (κ3) is 5.82. The van der Waals surface area contributed by atoms with Crippen LogP contribution in [0.5, 0.6) is 5.75 Å². The van der Waals surface area contributed by atoms with Crippen molar-refractivity contribution in [3.8, 4) is 5.75 Å². The van der Waals surface area contributed by atoms with Gasteiger partial charge in [0.25, 0.3) is 0 Å². The number of H-pyrrole nitrogens is 1. The monoisotopic (exact) mass is 457 g/mol. The molecule has 2 unspecified atom stereocenters. The summed E-state index contributed by atoms with van der Waals surface area (Å²) in [5, 5.41) is 13.2. The van der Waals surface area contributed by atoms with Gasteiger partial charge in [0.15, 0.2) is 0 Å². The zero-order valence-electron chi connectivity index (χ0n) is 18.6. The summed E-state index contributed by atoms with van der Waals surface area (Å²) in [6, 6.07) is 21.9. The van der Waals surface area contributed by atoms with E-state index in [1.807, 2.05) is 60.8 Å². The lowest BCUT2D eigenvalue weighted by Gasteiger charge is -2.20. The Morgan fingerprint density at radius 1 is 0.912 bits per heavy atom. The van der Waals surface area contributed by atoms with Gasteiger partial charge in [0.2, 0.25) is 5.91 Å². The lowest BCUT2D eigenvalue weighted by atomic mass is 10.0. The molecule has 7 nitrogen and oxygen atoms in total. The molecule has 0 aliphatic rings. The second-order valence-electron chi connectivity index (χ2n) is 8.20. The van der Waals surface area contributed by atoms with Crippen LogP contribution in [-0.2, 0) is 33.8 Å². The molecule has 0 aliphatic carbocycles. The average molecular weight is 458 g/mol. The predicted octanol–water partition coefficient (Wildman–Crippen LogP) is 3.21. The number of phenolic OH excluding ortho intramolecular Hbond substituents is 1. The first kappa shape index (κ1) is 23.1. The molecule has 0 spiro atoms. The Bertz CT molecular complexity index is 1250. The summed E-state index contributed by atoms with van der Waals surface area (Å²) >= 11 is 0. The number of aromatic hydroxyl groups is 1. The maximum atomic E-state index is 13.0. The van der Waals surface area contributed by atoms with Gasteiger partial charge < -0.3 is 25.9 Å². The van der Waals surface area contributed by atoms with E-state index in [4.69, 9.17) is 10.5 Å². The number of benzene rings is 3. The van der Waals surface area contributed by atoms with Crippen molar-refractivity contribution in [3.63, 3.8) is 0 Å². The Morgan fingerprint density at radius 3 is 2.38 bits per heavy atom. The molecule has 0 fully saturated rings. The first-order chi connectivity index (χ1) is 16.5. The van der Waals surface area contributed by atoms with Crippen LogP contribution >= 0.6 is 0 Å². The smallest absolute Gasteiger partial charge is 0.329 e. The van der Waals surface area contributed by atoms with Crippen LogP contribution in [0.3, 0.4) is 0 Å². The summed E-state index contributed by atoms with van der Waals surface area (Å²) < 4.78 is 5.53. The van der Waals surface area contributed by atoms with Gasteiger partial charge in [-0.1, -0.05) is 60.7 Å². The summed E-state index contributed by atoms with van der Waals surface area (Å²) in [4.78, 5) is 29.1. The number of para-hydroxylation sites is 1. The van der Waals surface area contributed by atoms with Gasteiger partial charge in [-0.15, -0.1) is 0 Å². The van der Waals surface area contributed by atoms with Crippen molar-refractivity contribution < 1.29 is 19.4 Å². The summed E-state index contributed by atoms with van der Waals surface area (Å²) in [5.41, 5.74) is 9.64. The van der Waals surface area contributed by atoms with Gasteiger partial charge in [-0.25, -0.2) is 4.79 Å². The van der Waals surface area contributed by atoms with Crippen molar-refractivity contribution in [2.75, 3.05) is 0 Å². The van der Waals surface area contributed by atoms with Crippen LogP contribution in [0.15, 0.2) is 85.1 Å². The molecule has 0 bridgehead atoms. The van der Waals surface area contributed by atoms with Crippen LogP contribution in [0.1, 0.15) is 16.7 Å². The zero-order chi connectivity index (χ0) is 23.9. The number of carbonyl (C=O) groups excluding carboxylic acids is 2. The molecule has 1 heterocycles. The Labute approximate surface area is 197 Å². The minimum Gasteiger partial charge on any atom is -0.508 e. The highest BCUT2D eigenvalue weighted by molar-refractivity contribution is 5.89. The Hall–Kier alpha value is -4.10. The SMILES string of the molecule is NC(Cc1ccc(O)cc1)C(=O)NC(Cc1c[nH]c2ccccc12)C(=O)OCc1ccccc1. The fourth-order valence-corrected chi connectivity index (χ4v) is 3.80. The fourth-order valence-electron chi connectivity index (χ4n) is 3.80. The molecule has 0 aliphatic heterocycles. The number of hydrogen-bond donors (Lipinski definition) is 4. The number of fused-ring (bicyclic) bond motifs is 1. The van der Waals surface area contributed by atoms with Crippen molar-refractivity contribution in [3.05, 3.63) is 102 Å². The maximum Gasteiger partial charge on any atom is 0.329 e. The molecule has 0 radical (unpaired) electrons. The average Bonchev–Trinajstić information content (AvgIpc) is 3.27. The summed E-state index contributed by atoms with van der Waals surface area (Å²) in [6.45, 7) is 0.111. The van der Waals surface area contributed by atoms with Crippen LogP contribution in [0, 0.1) is 0 Å². The maximum absolute atomic E-state index is 13.0. The van der Waals surface area contributed by atoms with Gasteiger partial charge in [0.1, 0.15) is 18.4 Å². The largest absolute Gasteiger partial charge is 0.508 e. The highest BCUT2D eigenvalue weighted by Gasteiger charge is 2.26. The first-order valence-electron chi connectivity index (χ1n) is 11.1. The second-order valence-corrected chi connectivity index (χ2v) is 8.20. The van der Waals surface area contributed by atoms with Crippen LogP contribution in [-0.4, -0.2) is 34.1 Å². The van der Waals surface area contributed by atoms with Crippen molar-refractivity contribution >= 4 is 22.8 Å². The molecule has 4 aromatic rings. The van der Waals surface area contributed by atoms with Crippen LogP contribution in [0.25, 0.3) is 10.9 Å². The van der Waals surface area contributed by atoms with E-state index >= 15 is 0 Å². The lowest BCUT2D eigenvalue weighted by Crippen LogP contribution is -2.50. The van der Waals surface area contributed by atoms with Gasteiger partial charge >= 0.3 is 5.97 Å². The lowest BCUT2D eigenvalue weighted by molar-refractivity contribution is -0.149. The second kappa shape index (κ2) is 10.7. The van der Waals surface area contributed by atoms with E-state index in [-0.39, 0.29) is 25.2 Å². The van der Waals surface area contributed by atoms with Crippen LogP contribution < -0.4 is 11.1 Å². The van der Waals surface area contributed by atoms with Crippen molar-refractivity contribution in [2.24, 2.45) is 5.73 Å². The summed E-state index contributed by atoms with van der Waals surface area (Å²) in [5.74, 6) is -0.837. The molecule has 3 aromatic carbocycles. The number of ether oxygens (including phenoxy) is 1. The minimum absolute atomic E-state index is 0.111. The van der Waals surface area contributed by atoms with E-state index in [1.165, 1.54) is 0 Å². The van der Waals surface area contributed by atoms with Gasteiger partial charge in [-0.05, 0) is 41.3 Å². The number of rotatable bonds is 9. The minimum atomic E-state index is -0.902. The van der Waals surface area contributed by atoms with E-state index < -0.39 is 24.0 Å². The topological polar surface area (TPSA) is 117 Å². The number of phenols is 1. The predicted molar refractivity (Wildman–Crippen MR) is 130 cm³/mol. The molecule has 1 aromatic heterocycles. The molecule has 0 saturated carbocycles. The molecule has 7 heteroatoms. The molecule has 174 valence electrons. The highest BCUT2D eigenvalue weighted by Crippen LogP contribution is 2.20. The van der Waals surface area contributed by atoms with Gasteiger partial charge in [0.05, 0.1) is 6.04 Å². The molecule has 4 rings (SSSR count). The number of aromatic amines is 1. The number of carbonyl (C=O) groups is 2. The zero-order valence-corrected chi connectivity index (χ0v) is 18.6. The third-order valence-corrected chi connectivity index (χ3v) is 5.65. The molecule has 1 amide bonds. The highest BCUT2D eigenvalue weighted by atomic mass is 16.5. The Kier molecular flexibility index (Phi) is 7.25. The molecular formula is C27H27N3O4. The van der Waals surface area contributed by atoms with Crippen LogP contribution in [0.2, 0.25) is 0 Å². The van der Waals surface area contributed by atoms with Gasteiger partial charge in [0, 0.05) is 23.5 Å². The van der Waals surface area contributed by atoms with Crippen LogP contribution in [0.4, 0.5) is 0 Å². The molecule has 0 saturated heterocycles. The standard InChI is InChI=1S/C27H27N3O4/c28-23(14-18-10-12-21(31)13-11-18)26(32)30-25(27(33)34-17-19-6-2-1-3-7-19)15-20-16-29-24-9-5-4-8-22(20)24/h1-13,16,23,25,29,31H,14-15,17,28H2,(H,30,32). The number of nitrogens with two attached hydrogens (primary N) is 1. The number of esters is 1. The molecule has 34 heavy (non-hydrogen) atoms. The van der Waals surface area contributed by atoms with E-state index in [0.717, 1.165) is 27.6 Å². The molecular weight excluding hydrogens is 430 g/mol. The number of hydrogen-bond acceptors (Lipinski definition) is 5. The number of amides is 1. The van der Waals surface area contributed by atoms with E-state index in [1.54, 1.807) is 24.3 Å². The fraction of sp³-hybridized carbons (Fsp3) is 0.185. The van der Waals surface area contributed by atoms with Gasteiger partial charge in [-0.3, -0.25) is 4.79 Å². The van der Waals surface area contributed by atoms with E-state index in [9.17, 15) is 14.7 Å². The summed E-state index contributed by atoms with van der Waals surface area (Å²) in [6.07, 6.45) is 2.37. The Balaban J connectivity index is 1.48. The van der Waals surface area contributed by atoms with Crippen molar-refractivity contribution in [2.45, 2.75) is 31.5 Å². The first-order valence-corrected chi connectivity index (χ1v) is 11.1. The van der Waals surface area contributed by atoms with E-state index in [0.29, 0.717) is 0 Å². The Morgan fingerprint density at radius 2 is 1.62 bits per heavy atom. The van der Waals surface area contributed by atoms with E-state index in [2.05, 4.69) is 10.3 Å². The van der Waals surface area contributed by atoms with Gasteiger partial charge in [-0.2, -0.15) is 0 Å².